The Morgan fingerprint density at radius 2 is 1.58 bits per heavy atom. The highest BCUT2D eigenvalue weighted by Crippen LogP contribution is 2.18. The minimum Gasteiger partial charge on any atom is -0.712 e. The Bertz CT molecular complexity index is 326. The van der Waals surface area contributed by atoms with Crippen LogP contribution in [0, 0.1) is 0 Å². The van der Waals surface area contributed by atoms with Crippen molar-refractivity contribution in [2.45, 2.75) is 33.2 Å². The molecule has 0 aliphatic carbocycles. The first-order valence-corrected chi connectivity index (χ1v) is 11.4. The second kappa shape index (κ2) is 10.2. The fourth-order valence-corrected chi connectivity index (χ4v) is 4.99. The molecule has 0 N–H and O–H groups in total. The smallest absolute Gasteiger partial charge is 0.501 e. The van der Waals surface area contributed by atoms with Gasteiger partial charge in [-0.25, -0.2) is 0 Å². The van der Waals surface area contributed by atoms with Crippen LogP contribution in [0.3, 0.4) is 0 Å². The van der Waals surface area contributed by atoms with Crippen LogP contribution < -0.4 is 0 Å². The molecule has 116 valence electrons. The lowest BCUT2D eigenvalue weighted by molar-refractivity contribution is 0.0696. The molecule has 0 spiro atoms. The Balaban J connectivity index is 4.36. The molecule has 1 atom stereocenters. The standard InChI is InChI=1S/C10H24O6S2Si/c1-5-14-19(15-6-2,16-7-3)10-8-9-13-18(11,12)17-4/h5-10H2,1-4H3. The zero-order valence-corrected chi connectivity index (χ0v) is 14.6. The van der Waals surface area contributed by atoms with Gasteiger partial charge in [0.1, 0.15) is 0 Å². The van der Waals surface area contributed by atoms with Crippen LogP contribution in [-0.4, -0.2) is 50.2 Å². The van der Waals surface area contributed by atoms with E-state index in [2.05, 4.69) is 0 Å². The van der Waals surface area contributed by atoms with Gasteiger partial charge in [-0.1, -0.05) is 0 Å². The summed E-state index contributed by atoms with van der Waals surface area (Å²) in [6.45, 7) is 7.30. The predicted molar refractivity (Wildman–Crippen MR) is 78.2 cm³/mol. The lowest BCUT2D eigenvalue weighted by Crippen LogP contribution is -2.46. The first kappa shape index (κ1) is 19.4. The fraction of sp³-hybridized carbons (Fsp3) is 1.00. The monoisotopic (exact) mass is 332 g/mol. The lowest BCUT2D eigenvalue weighted by atomic mass is 10.5. The van der Waals surface area contributed by atoms with Crippen molar-refractivity contribution in [3.05, 3.63) is 0 Å². The van der Waals surface area contributed by atoms with Gasteiger partial charge < -0.3 is 17.8 Å². The zero-order valence-electron chi connectivity index (χ0n) is 12.0. The van der Waals surface area contributed by atoms with Crippen LogP contribution in [0.4, 0.5) is 0 Å². The highest BCUT2D eigenvalue weighted by Gasteiger charge is 2.39. The summed E-state index contributed by atoms with van der Waals surface area (Å²) in [5.74, 6) is 0. The molecular weight excluding hydrogens is 308 g/mol. The molecule has 0 aliphatic rings. The second-order valence-electron chi connectivity index (χ2n) is 3.48. The van der Waals surface area contributed by atoms with Crippen LogP contribution in [0.2, 0.25) is 6.04 Å². The van der Waals surface area contributed by atoms with Gasteiger partial charge in [0.05, 0.1) is 6.61 Å². The SMILES string of the molecule is CCO[Si](CCCOS(=O)([O-])=[S+]C)(OCC)OCC. The third-order valence-electron chi connectivity index (χ3n) is 2.15. The van der Waals surface area contributed by atoms with Crippen LogP contribution in [0.5, 0.6) is 0 Å². The van der Waals surface area contributed by atoms with Crippen LogP contribution in [0.15, 0.2) is 0 Å². The topological polar surface area (TPSA) is 77.1 Å². The first-order valence-electron chi connectivity index (χ1n) is 6.32. The molecule has 0 aromatic carbocycles. The van der Waals surface area contributed by atoms with Crippen molar-refractivity contribution in [2.75, 3.05) is 32.7 Å². The lowest BCUT2D eigenvalue weighted by Gasteiger charge is -2.28. The maximum atomic E-state index is 11.2. The van der Waals surface area contributed by atoms with E-state index in [9.17, 15) is 8.76 Å². The van der Waals surface area contributed by atoms with Gasteiger partial charge >= 0.3 is 8.80 Å². The maximum absolute atomic E-state index is 11.2. The van der Waals surface area contributed by atoms with Gasteiger partial charge in [0, 0.05) is 25.9 Å². The van der Waals surface area contributed by atoms with E-state index >= 15 is 0 Å². The van der Waals surface area contributed by atoms with Crippen LogP contribution in [0.25, 0.3) is 0 Å². The molecule has 9 heteroatoms. The average Bonchev–Trinajstić information content (AvgIpc) is 2.36. The average molecular weight is 333 g/mol. The summed E-state index contributed by atoms with van der Waals surface area (Å²) >= 11 is 0. The summed E-state index contributed by atoms with van der Waals surface area (Å²) in [6, 6.07) is 0.548. The Labute approximate surface area is 120 Å². The van der Waals surface area contributed by atoms with Crippen molar-refractivity contribution in [1.82, 2.24) is 0 Å². The van der Waals surface area contributed by atoms with Gasteiger partial charge in [0.15, 0.2) is 6.26 Å². The molecule has 0 aliphatic heterocycles. The van der Waals surface area contributed by atoms with Crippen molar-refractivity contribution >= 4 is 28.2 Å². The van der Waals surface area contributed by atoms with Crippen molar-refractivity contribution in [1.29, 1.82) is 0 Å². The van der Waals surface area contributed by atoms with Gasteiger partial charge in [-0.05, 0) is 27.2 Å². The van der Waals surface area contributed by atoms with Gasteiger partial charge in [0.25, 0.3) is 9.05 Å². The molecule has 19 heavy (non-hydrogen) atoms. The molecule has 0 saturated carbocycles. The van der Waals surface area contributed by atoms with Crippen molar-refractivity contribution in [2.24, 2.45) is 0 Å². The summed E-state index contributed by atoms with van der Waals surface area (Å²) < 4.78 is 44.1. The third-order valence-corrected chi connectivity index (χ3v) is 7.68. The van der Waals surface area contributed by atoms with E-state index in [1.165, 1.54) is 6.26 Å². The van der Waals surface area contributed by atoms with Crippen LogP contribution >= 0.6 is 0 Å². The minimum absolute atomic E-state index is 0.116. The molecule has 0 aromatic heterocycles. The molecule has 0 heterocycles. The van der Waals surface area contributed by atoms with Gasteiger partial charge in [-0.3, -0.25) is 4.18 Å². The molecule has 6 nitrogen and oxygen atoms in total. The highest BCUT2D eigenvalue weighted by molar-refractivity contribution is 8.34. The molecule has 0 amide bonds. The number of rotatable bonds is 11. The molecular formula is C10H24O6S2Si. The third kappa shape index (κ3) is 8.30. The van der Waals surface area contributed by atoms with Crippen molar-refractivity contribution in [3.8, 4) is 0 Å². The highest BCUT2D eigenvalue weighted by atomic mass is 32.9. The molecule has 0 aromatic rings. The summed E-state index contributed by atoms with van der Waals surface area (Å²) in [4.78, 5) is 0. The van der Waals surface area contributed by atoms with E-state index in [0.29, 0.717) is 42.6 Å². The van der Waals surface area contributed by atoms with Gasteiger partial charge in [-0.2, -0.15) is 4.21 Å². The molecule has 0 bridgehead atoms. The quantitative estimate of drug-likeness (QED) is 0.323. The van der Waals surface area contributed by atoms with E-state index in [0.717, 1.165) is 0 Å². The summed E-state index contributed by atoms with van der Waals surface area (Å²) in [6.07, 6.45) is 1.99. The van der Waals surface area contributed by atoms with E-state index < -0.39 is 17.9 Å². The predicted octanol–water partition coefficient (Wildman–Crippen LogP) is 1.40. The first-order chi connectivity index (χ1) is 8.95. The second-order valence-corrected chi connectivity index (χ2v) is 9.82. The summed E-state index contributed by atoms with van der Waals surface area (Å²) in [7, 11) is -5.46. The van der Waals surface area contributed by atoms with E-state index in [1.807, 2.05) is 20.8 Å². The fourth-order valence-electron chi connectivity index (χ4n) is 1.50. The summed E-state index contributed by atoms with van der Waals surface area (Å²) in [5, 5.41) is 0. The number of hydrogen-bond acceptors (Lipinski definition) is 6. The van der Waals surface area contributed by atoms with Crippen LogP contribution in [-0.2, 0) is 36.8 Å². The molecule has 0 saturated heterocycles. The summed E-state index contributed by atoms with van der Waals surface area (Å²) in [5.41, 5.74) is 0. The van der Waals surface area contributed by atoms with E-state index in [-0.39, 0.29) is 6.61 Å². The largest absolute Gasteiger partial charge is 0.712 e. The van der Waals surface area contributed by atoms with Crippen molar-refractivity contribution < 1.29 is 26.2 Å². The Morgan fingerprint density at radius 1 is 1.11 bits per heavy atom. The molecule has 0 radical (unpaired) electrons. The Morgan fingerprint density at radius 3 is 1.95 bits per heavy atom. The maximum Gasteiger partial charge on any atom is 0.501 e. The Kier molecular flexibility index (Phi) is 10.4. The molecule has 0 fully saturated rings. The molecule has 1 unspecified atom stereocenters. The van der Waals surface area contributed by atoms with Gasteiger partial charge in [-0.15, -0.1) is 0 Å². The minimum atomic E-state index is -3.46. The zero-order chi connectivity index (χ0) is 14.8. The van der Waals surface area contributed by atoms with E-state index in [1.54, 1.807) is 0 Å². The number of hydrogen-bond donors (Lipinski definition) is 0. The van der Waals surface area contributed by atoms with E-state index in [4.69, 9.17) is 17.5 Å². The normalized spacial score (nSPS) is 15.2. The van der Waals surface area contributed by atoms with Crippen molar-refractivity contribution in [3.63, 3.8) is 0 Å². The van der Waals surface area contributed by atoms with Crippen LogP contribution in [0.1, 0.15) is 27.2 Å². The Hall–Kier alpha value is 0.387. The molecule has 0 rings (SSSR count). The van der Waals surface area contributed by atoms with Gasteiger partial charge in [0.2, 0.25) is 10.3 Å².